The van der Waals surface area contributed by atoms with Crippen molar-refractivity contribution in [3.05, 3.63) is 120 Å². The lowest BCUT2D eigenvalue weighted by atomic mass is 9.80. The van der Waals surface area contributed by atoms with Crippen LogP contribution in [0.25, 0.3) is 0 Å². The van der Waals surface area contributed by atoms with Gasteiger partial charge in [-0.2, -0.15) is 0 Å². The van der Waals surface area contributed by atoms with Gasteiger partial charge in [0.05, 0.1) is 6.61 Å². The third-order valence-electron chi connectivity index (χ3n) is 4.44. The van der Waals surface area contributed by atoms with Crippen LogP contribution >= 0.6 is 0 Å². The molecule has 0 unspecified atom stereocenters. The molecule has 3 aromatic carbocycles. The molecule has 0 fully saturated rings. The van der Waals surface area contributed by atoms with Gasteiger partial charge in [0, 0.05) is 6.42 Å². The van der Waals surface area contributed by atoms with E-state index in [9.17, 15) is 4.79 Å². The second-order valence-electron chi connectivity index (χ2n) is 6.05. The highest BCUT2D eigenvalue weighted by Crippen LogP contribution is 2.40. The fourth-order valence-electron chi connectivity index (χ4n) is 3.18. The number of allylic oxidation sites excluding steroid dienone is 1. The molecule has 0 N–H and O–H groups in total. The Morgan fingerprint density at radius 2 is 1.15 bits per heavy atom. The van der Waals surface area contributed by atoms with Gasteiger partial charge < -0.3 is 4.74 Å². The Labute approximate surface area is 154 Å². The highest BCUT2D eigenvalue weighted by Gasteiger charge is 2.37. The first-order valence-electron chi connectivity index (χ1n) is 8.73. The van der Waals surface area contributed by atoms with Gasteiger partial charge >= 0.3 is 0 Å². The number of carbonyl (C=O) groups excluding carboxylic acids is 1. The molecule has 0 radical (unpaired) electrons. The van der Waals surface area contributed by atoms with Crippen molar-refractivity contribution in [1.82, 2.24) is 0 Å². The largest absolute Gasteiger partial charge is 0.360 e. The van der Waals surface area contributed by atoms with Gasteiger partial charge in [-0.05, 0) is 22.8 Å². The van der Waals surface area contributed by atoms with E-state index in [2.05, 4.69) is 43.0 Å². The molecule has 0 heterocycles. The molecule has 0 aliphatic heterocycles. The summed E-state index contributed by atoms with van der Waals surface area (Å²) in [5.41, 5.74) is 2.32. The molecule has 26 heavy (non-hydrogen) atoms. The van der Waals surface area contributed by atoms with Gasteiger partial charge in [0.2, 0.25) is 0 Å². The Kier molecular flexibility index (Phi) is 5.77. The first kappa shape index (κ1) is 17.8. The number of ether oxygens (including phenoxy) is 1. The van der Waals surface area contributed by atoms with Gasteiger partial charge in [0.15, 0.2) is 5.78 Å². The van der Waals surface area contributed by atoms with Crippen molar-refractivity contribution < 1.29 is 9.53 Å². The van der Waals surface area contributed by atoms with Gasteiger partial charge in [-0.15, -0.1) is 0 Å². The summed E-state index contributed by atoms with van der Waals surface area (Å²) in [4.78, 5) is 11.7. The van der Waals surface area contributed by atoms with Crippen molar-refractivity contribution in [2.24, 2.45) is 0 Å². The maximum atomic E-state index is 11.7. The molecule has 0 aliphatic carbocycles. The second kappa shape index (κ2) is 8.41. The molecule has 2 heteroatoms. The van der Waals surface area contributed by atoms with Crippen LogP contribution in [0.1, 0.15) is 23.1 Å². The van der Waals surface area contributed by atoms with Crippen LogP contribution in [0.3, 0.4) is 0 Å². The lowest BCUT2D eigenvalue weighted by Crippen LogP contribution is -2.33. The van der Waals surface area contributed by atoms with Crippen LogP contribution in [0.5, 0.6) is 0 Å². The number of ketones is 1. The SMILES string of the molecule is C=CC(=O)CCOC(c1ccccc1)(c1ccccc1)c1ccccc1. The van der Waals surface area contributed by atoms with E-state index in [1.165, 1.54) is 6.08 Å². The first-order chi connectivity index (χ1) is 12.8. The molecule has 0 saturated heterocycles. The highest BCUT2D eigenvalue weighted by molar-refractivity contribution is 5.89. The lowest BCUT2D eigenvalue weighted by Gasteiger charge is -2.36. The fourth-order valence-corrected chi connectivity index (χ4v) is 3.18. The summed E-state index contributed by atoms with van der Waals surface area (Å²) in [5, 5.41) is 0. The first-order valence-corrected chi connectivity index (χ1v) is 8.73. The van der Waals surface area contributed by atoms with Crippen LogP contribution < -0.4 is 0 Å². The Hall–Kier alpha value is -2.97. The summed E-state index contributed by atoms with van der Waals surface area (Å²) in [6.45, 7) is 3.85. The molecule has 0 atom stereocenters. The molecule has 0 aromatic heterocycles. The smallest absolute Gasteiger partial charge is 0.157 e. The summed E-state index contributed by atoms with van der Waals surface area (Å²) in [5.74, 6) is -0.0203. The maximum absolute atomic E-state index is 11.7. The summed E-state index contributed by atoms with van der Waals surface area (Å²) < 4.78 is 6.49. The number of rotatable bonds is 8. The highest BCUT2D eigenvalue weighted by atomic mass is 16.5. The fraction of sp³-hybridized carbons (Fsp3) is 0.125. The Balaban J connectivity index is 2.14. The zero-order valence-corrected chi connectivity index (χ0v) is 14.7. The lowest BCUT2D eigenvalue weighted by molar-refractivity contribution is -0.116. The molecular formula is C24H22O2. The summed E-state index contributed by atoms with van der Waals surface area (Å²) in [6, 6.07) is 30.4. The van der Waals surface area contributed by atoms with Gasteiger partial charge in [-0.3, -0.25) is 4.79 Å². The number of hydrogen-bond donors (Lipinski definition) is 0. The topological polar surface area (TPSA) is 26.3 Å². The van der Waals surface area contributed by atoms with Crippen LogP contribution in [0.15, 0.2) is 104 Å². The maximum Gasteiger partial charge on any atom is 0.157 e. The van der Waals surface area contributed by atoms with Gasteiger partial charge in [0.1, 0.15) is 5.60 Å². The number of benzene rings is 3. The van der Waals surface area contributed by atoms with Crippen LogP contribution in [0, 0.1) is 0 Å². The minimum atomic E-state index is -0.773. The molecule has 0 aliphatic rings. The van der Waals surface area contributed by atoms with E-state index in [0.717, 1.165) is 16.7 Å². The van der Waals surface area contributed by atoms with E-state index in [1.807, 2.05) is 54.6 Å². The van der Waals surface area contributed by atoms with E-state index in [-0.39, 0.29) is 5.78 Å². The standard InChI is InChI=1S/C24H22O2/c1-2-23(25)18-19-26-24(20-12-6-3-7-13-20,21-14-8-4-9-15-21)22-16-10-5-11-17-22/h2-17H,1,18-19H2. The Bertz CT molecular complexity index is 742. The monoisotopic (exact) mass is 342 g/mol. The predicted octanol–water partition coefficient (Wildman–Crippen LogP) is 5.14. The molecule has 0 spiro atoms. The zero-order valence-electron chi connectivity index (χ0n) is 14.7. The normalized spacial score (nSPS) is 11.1. The number of carbonyl (C=O) groups is 1. The van der Waals surface area contributed by atoms with Crippen LogP contribution in [-0.4, -0.2) is 12.4 Å². The van der Waals surface area contributed by atoms with Crippen molar-refractivity contribution >= 4 is 5.78 Å². The minimum Gasteiger partial charge on any atom is -0.360 e. The molecule has 0 saturated carbocycles. The molecular weight excluding hydrogens is 320 g/mol. The van der Waals surface area contributed by atoms with Crippen molar-refractivity contribution in [3.8, 4) is 0 Å². The molecule has 0 bridgehead atoms. The molecule has 2 nitrogen and oxygen atoms in total. The average Bonchev–Trinajstić information content (AvgIpc) is 2.73. The molecule has 3 aromatic rings. The van der Waals surface area contributed by atoms with E-state index in [1.54, 1.807) is 0 Å². The van der Waals surface area contributed by atoms with Gasteiger partial charge in [-0.1, -0.05) is 97.6 Å². The second-order valence-corrected chi connectivity index (χ2v) is 6.05. The predicted molar refractivity (Wildman–Crippen MR) is 105 cm³/mol. The molecule has 0 amide bonds. The van der Waals surface area contributed by atoms with E-state index in [0.29, 0.717) is 13.0 Å². The zero-order chi connectivity index (χ0) is 18.2. The van der Waals surface area contributed by atoms with Crippen molar-refractivity contribution in [2.45, 2.75) is 12.0 Å². The van der Waals surface area contributed by atoms with E-state index >= 15 is 0 Å². The van der Waals surface area contributed by atoms with Crippen LogP contribution in [0.2, 0.25) is 0 Å². The van der Waals surface area contributed by atoms with E-state index < -0.39 is 5.60 Å². The Morgan fingerprint density at radius 1 is 0.769 bits per heavy atom. The summed E-state index contributed by atoms with van der Waals surface area (Å²) >= 11 is 0. The van der Waals surface area contributed by atoms with Crippen molar-refractivity contribution in [1.29, 1.82) is 0 Å². The van der Waals surface area contributed by atoms with E-state index in [4.69, 9.17) is 4.74 Å². The summed E-state index contributed by atoms with van der Waals surface area (Å²) in [6.07, 6.45) is 1.65. The van der Waals surface area contributed by atoms with Crippen molar-refractivity contribution in [2.75, 3.05) is 6.61 Å². The molecule has 3 rings (SSSR count). The number of hydrogen-bond acceptors (Lipinski definition) is 2. The quantitative estimate of drug-likeness (QED) is 0.418. The van der Waals surface area contributed by atoms with Gasteiger partial charge in [0.25, 0.3) is 0 Å². The van der Waals surface area contributed by atoms with Crippen LogP contribution in [-0.2, 0) is 15.1 Å². The van der Waals surface area contributed by atoms with Gasteiger partial charge in [-0.25, -0.2) is 0 Å². The van der Waals surface area contributed by atoms with Crippen LogP contribution in [0.4, 0.5) is 0 Å². The average molecular weight is 342 g/mol. The Morgan fingerprint density at radius 3 is 1.50 bits per heavy atom. The minimum absolute atomic E-state index is 0.0203. The third-order valence-corrected chi connectivity index (χ3v) is 4.44. The van der Waals surface area contributed by atoms with Crippen molar-refractivity contribution in [3.63, 3.8) is 0 Å². The third kappa shape index (κ3) is 3.66. The summed E-state index contributed by atoms with van der Waals surface area (Å²) in [7, 11) is 0. The molecule has 130 valence electrons.